The van der Waals surface area contributed by atoms with E-state index in [9.17, 15) is 5.11 Å². The zero-order chi connectivity index (χ0) is 12.9. The van der Waals surface area contributed by atoms with Crippen molar-refractivity contribution in [3.05, 3.63) is 0 Å². The first-order valence-corrected chi connectivity index (χ1v) is 6.72. The molecule has 17 heavy (non-hydrogen) atoms. The van der Waals surface area contributed by atoms with Crippen molar-refractivity contribution in [1.82, 2.24) is 10.2 Å². The van der Waals surface area contributed by atoms with Crippen molar-refractivity contribution in [2.24, 2.45) is 0 Å². The van der Waals surface area contributed by atoms with Crippen molar-refractivity contribution in [3.63, 3.8) is 0 Å². The molecule has 1 heterocycles. The summed E-state index contributed by atoms with van der Waals surface area (Å²) >= 11 is 0. The summed E-state index contributed by atoms with van der Waals surface area (Å²) in [6.45, 7) is 12.1. The van der Waals surface area contributed by atoms with Gasteiger partial charge in [-0.2, -0.15) is 0 Å². The third-order valence-electron chi connectivity index (χ3n) is 3.26. The number of β-amino-alcohol motifs (C(OH)–C–C–N with tert-alkyl or cyclic N) is 1. The van der Waals surface area contributed by atoms with Crippen molar-refractivity contribution in [1.29, 1.82) is 0 Å². The highest BCUT2D eigenvalue weighted by molar-refractivity contribution is 4.85. The van der Waals surface area contributed by atoms with E-state index < -0.39 is 5.60 Å². The van der Waals surface area contributed by atoms with Crippen molar-refractivity contribution in [3.8, 4) is 0 Å². The summed E-state index contributed by atoms with van der Waals surface area (Å²) < 4.78 is 5.48. The number of nitrogens with zero attached hydrogens (tertiary/aromatic N) is 1. The van der Waals surface area contributed by atoms with E-state index >= 15 is 0 Å². The molecular formula is C13H28N2O2. The van der Waals surface area contributed by atoms with Gasteiger partial charge in [0.2, 0.25) is 0 Å². The monoisotopic (exact) mass is 244 g/mol. The van der Waals surface area contributed by atoms with Crippen molar-refractivity contribution >= 4 is 0 Å². The van der Waals surface area contributed by atoms with E-state index in [1.54, 1.807) is 0 Å². The highest BCUT2D eigenvalue weighted by atomic mass is 16.5. The molecule has 102 valence electrons. The first-order chi connectivity index (χ1) is 7.94. The van der Waals surface area contributed by atoms with Gasteiger partial charge in [-0.1, -0.05) is 20.8 Å². The van der Waals surface area contributed by atoms with Crippen LogP contribution in [-0.4, -0.2) is 60.5 Å². The first kappa shape index (κ1) is 14.9. The molecule has 0 bridgehead atoms. The molecule has 0 amide bonds. The Morgan fingerprint density at radius 2 is 2.24 bits per heavy atom. The Balaban J connectivity index is 2.43. The summed E-state index contributed by atoms with van der Waals surface area (Å²) in [4.78, 5) is 2.35. The van der Waals surface area contributed by atoms with Gasteiger partial charge < -0.3 is 15.2 Å². The zero-order valence-corrected chi connectivity index (χ0v) is 11.7. The third kappa shape index (κ3) is 5.34. The van der Waals surface area contributed by atoms with Gasteiger partial charge in [-0.25, -0.2) is 0 Å². The molecule has 0 aromatic heterocycles. The zero-order valence-electron chi connectivity index (χ0n) is 11.7. The van der Waals surface area contributed by atoms with Gasteiger partial charge in [0.05, 0.1) is 18.8 Å². The largest absolute Gasteiger partial charge is 0.388 e. The van der Waals surface area contributed by atoms with Crippen molar-refractivity contribution in [2.45, 2.75) is 51.8 Å². The highest BCUT2D eigenvalue weighted by Crippen LogP contribution is 2.14. The average molecular weight is 244 g/mol. The van der Waals surface area contributed by atoms with Gasteiger partial charge in [0.25, 0.3) is 0 Å². The first-order valence-electron chi connectivity index (χ1n) is 6.72. The maximum atomic E-state index is 10.4. The number of ether oxygens (including phenoxy) is 1. The van der Waals surface area contributed by atoms with Crippen LogP contribution in [0.2, 0.25) is 0 Å². The lowest BCUT2D eigenvalue weighted by molar-refractivity contribution is -0.0537. The molecule has 1 aliphatic rings. The van der Waals surface area contributed by atoms with Gasteiger partial charge in [-0.3, -0.25) is 4.90 Å². The van der Waals surface area contributed by atoms with Gasteiger partial charge >= 0.3 is 0 Å². The molecule has 0 aromatic rings. The van der Waals surface area contributed by atoms with E-state index in [0.29, 0.717) is 25.2 Å². The number of hydrogen-bond donors (Lipinski definition) is 2. The van der Waals surface area contributed by atoms with E-state index in [-0.39, 0.29) is 0 Å². The van der Waals surface area contributed by atoms with Crippen LogP contribution in [0.3, 0.4) is 0 Å². The van der Waals surface area contributed by atoms with Gasteiger partial charge in [0, 0.05) is 31.7 Å². The molecular weight excluding hydrogens is 216 g/mol. The lowest BCUT2D eigenvalue weighted by atomic mass is 10.0. The summed E-state index contributed by atoms with van der Waals surface area (Å²) in [7, 11) is 0. The standard InChI is InChI=1S/C13H28N2O2/c1-5-12-8-17-7-6-15(12)10-13(4,16)9-14-11(2)3/h11-12,14,16H,5-10H2,1-4H3. The Labute approximate surface area is 105 Å². The molecule has 0 radical (unpaired) electrons. The normalized spacial score (nSPS) is 26.1. The molecule has 0 aliphatic carbocycles. The van der Waals surface area contributed by atoms with Crippen LogP contribution >= 0.6 is 0 Å². The third-order valence-corrected chi connectivity index (χ3v) is 3.26. The maximum absolute atomic E-state index is 10.4. The van der Waals surface area contributed by atoms with Crippen molar-refractivity contribution < 1.29 is 9.84 Å². The van der Waals surface area contributed by atoms with Crippen LogP contribution in [0.4, 0.5) is 0 Å². The molecule has 0 aromatic carbocycles. The second-order valence-electron chi connectivity index (χ2n) is 5.64. The van der Waals surface area contributed by atoms with Gasteiger partial charge in [0.15, 0.2) is 0 Å². The molecule has 4 nitrogen and oxygen atoms in total. The minimum absolute atomic E-state index is 0.410. The van der Waals surface area contributed by atoms with Crippen LogP contribution in [0.5, 0.6) is 0 Å². The Morgan fingerprint density at radius 1 is 1.53 bits per heavy atom. The van der Waals surface area contributed by atoms with Crippen LogP contribution in [0, 0.1) is 0 Å². The predicted octanol–water partition coefficient (Wildman–Crippen LogP) is 0.846. The summed E-state index contributed by atoms with van der Waals surface area (Å²) in [5.41, 5.74) is -0.672. The highest BCUT2D eigenvalue weighted by Gasteiger charge is 2.29. The Hall–Kier alpha value is -0.160. The fourth-order valence-electron chi connectivity index (χ4n) is 2.19. The molecule has 1 fully saturated rings. The lowest BCUT2D eigenvalue weighted by Gasteiger charge is -2.39. The van der Waals surface area contributed by atoms with Crippen LogP contribution in [0.25, 0.3) is 0 Å². The van der Waals surface area contributed by atoms with Crippen LogP contribution in [0.1, 0.15) is 34.1 Å². The smallest absolute Gasteiger partial charge is 0.0869 e. The number of aliphatic hydroxyl groups is 1. The minimum Gasteiger partial charge on any atom is -0.388 e. The van der Waals surface area contributed by atoms with E-state index in [1.807, 2.05) is 6.92 Å². The number of rotatable bonds is 6. The molecule has 0 spiro atoms. The van der Waals surface area contributed by atoms with Gasteiger partial charge in [-0.15, -0.1) is 0 Å². The molecule has 2 atom stereocenters. The Bertz CT molecular complexity index is 219. The fourth-order valence-corrected chi connectivity index (χ4v) is 2.19. The van der Waals surface area contributed by atoms with Crippen LogP contribution in [0.15, 0.2) is 0 Å². The maximum Gasteiger partial charge on any atom is 0.0869 e. The summed E-state index contributed by atoms with van der Waals surface area (Å²) in [6, 6.07) is 0.863. The molecule has 2 unspecified atom stereocenters. The summed E-state index contributed by atoms with van der Waals surface area (Å²) in [6.07, 6.45) is 1.08. The molecule has 4 heteroatoms. The molecule has 0 saturated carbocycles. The average Bonchev–Trinajstić information content (AvgIpc) is 2.27. The van der Waals surface area contributed by atoms with Crippen LogP contribution < -0.4 is 5.32 Å². The van der Waals surface area contributed by atoms with Gasteiger partial charge in [-0.05, 0) is 13.3 Å². The second-order valence-corrected chi connectivity index (χ2v) is 5.64. The van der Waals surface area contributed by atoms with E-state index in [0.717, 1.165) is 26.2 Å². The predicted molar refractivity (Wildman–Crippen MR) is 70.2 cm³/mol. The fraction of sp³-hybridized carbons (Fsp3) is 1.00. The van der Waals surface area contributed by atoms with E-state index in [1.165, 1.54) is 0 Å². The lowest BCUT2D eigenvalue weighted by Crippen LogP contribution is -2.54. The quantitative estimate of drug-likeness (QED) is 0.727. The van der Waals surface area contributed by atoms with Gasteiger partial charge in [0.1, 0.15) is 0 Å². The van der Waals surface area contributed by atoms with Crippen molar-refractivity contribution in [2.75, 3.05) is 32.8 Å². The molecule has 2 N–H and O–H groups in total. The van der Waals surface area contributed by atoms with E-state index in [4.69, 9.17) is 4.74 Å². The second kappa shape index (κ2) is 6.69. The summed E-state index contributed by atoms with van der Waals surface area (Å²) in [5, 5.41) is 13.7. The van der Waals surface area contributed by atoms with Crippen LogP contribution in [-0.2, 0) is 4.74 Å². The SMILES string of the molecule is CCC1COCCN1CC(C)(O)CNC(C)C. The molecule has 1 aliphatic heterocycles. The minimum atomic E-state index is -0.672. The number of nitrogens with one attached hydrogen (secondary N) is 1. The summed E-state index contributed by atoms with van der Waals surface area (Å²) in [5.74, 6) is 0. The van der Waals surface area contributed by atoms with E-state index in [2.05, 4.69) is 31.0 Å². The number of morpholine rings is 1. The topological polar surface area (TPSA) is 44.7 Å². The number of hydrogen-bond acceptors (Lipinski definition) is 4. The molecule has 1 saturated heterocycles. The Morgan fingerprint density at radius 3 is 2.82 bits per heavy atom. The Kier molecular flexibility index (Phi) is 5.86. The molecule has 1 rings (SSSR count).